The second kappa shape index (κ2) is 8.73. The number of nitrogens with zero attached hydrogens (tertiary/aromatic N) is 1. The van der Waals surface area contributed by atoms with Crippen LogP contribution in [0.3, 0.4) is 0 Å². The van der Waals surface area contributed by atoms with Crippen molar-refractivity contribution in [2.24, 2.45) is 5.41 Å². The Morgan fingerprint density at radius 3 is 2.41 bits per heavy atom. The summed E-state index contributed by atoms with van der Waals surface area (Å²) in [6.07, 6.45) is -11.0. The van der Waals surface area contributed by atoms with Gasteiger partial charge in [-0.3, -0.25) is 4.79 Å². The van der Waals surface area contributed by atoms with Gasteiger partial charge in [0.25, 0.3) is 0 Å². The number of aliphatic hydroxyl groups excluding tert-OH is 1. The lowest BCUT2D eigenvalue weighted by Crippen LogP contribution is -2.39. The maximum Gasteiger partial charge on any atom is 0.461 e. The molecule has 2 aromatic rings. The smallest absolute Gasteiger partial charge is 0.461 e. The van der Waals surface area contributed by atoms with Crippen molar-refractivity contribution in [3.63, 3.8) is 0 Å². The fraction of sp³-hybridized carbons (Fsp3) is 0.368. The Morgan fingerprint density at radius 2 is 1.86 bits per heavy atom. The first kappa shape index (κ1) is 22.5. The van der Waals surface area contributed by atoms with Crippen molar-refractivity contribution in [3.05, 3.63) is 59.7 Å². The standard InChI is InChI=1S/C19H18F5NO4/c1-2-18(17(27)28,15(26)13-7-4-8-14(20)25-13)10-11-5-3-6-12(9-11)29-19(23,24)16(21)22/h3-9,15-16,26H,2,10H2,1H3,(H,27,28). The van der Waals surface area contributed by atoms with Gasteiger partial charge in [-0.05, 0) is 42.7 Å². The van der Waals surface area contributed by atoms with Crippen LogP contribution in [0.1, 0.15) is 30.7 Å². The first-order chi connectivity index (χ1) is 13.5. The molecule has 2 atom stereocenters. The Hall–Kier alpha value is -2.75. The van der Waals surface area contributed by atoms with E-state index < -0.39 is 41.7 Å². The maximum absolute atomic E-state index is 13.4. The zero-order valence-electron chi connectivity index (χ0n) is 15.2. The van der Waals surface area contributed by atoms with Gasteiger partial charge in [-0.15, -0.1) is 0 Å². The average molecular weight is 419 g/mol. The number of carboxylic acids is 1. The lowest BCUT2D eigenvalue weighted by molar-refractivity contribution is -0.253. The highest BCUT2D eigenvalue weighted by molar-refractivity contribution is 5.76. The van der Waals surface area contributed by atoms with Crippen LogP contribution in [0, 0.1) is 11.4 Å². The number of hydrogen-bond donors (Lipinski definition) is 2. The monoisotopic (exact) mass is 419 g/mol. The molecule has 0 aliphatic rings. The molecule has 0 saturated carbocycles. The molecule has 0 fully saturated rings. The Kier molecular flexibility index (Phi) is 6.78. The van der Waals surface area contributed by atoms with E-state index in [9.17, 15) is 37.0 Å². The SMILES string of the molecule is CCC(Cc1cccc(OC(F)(F)C(F)F)c1)(C(=O)O)C(O)c1cccc(F)n1. The van der Waals surface area contributed by atoms with Gasteiger partial charge in [0.1, 0.15) is 17.3 Å². The van der Waals surface area contributed by atoms with E-state index in [-0.39, 0.29) is 24.1 Å². The van der Waals surface area contributed by atoms with E-state index in [1.807, 2.05) is 0 Å². The third-order valence-electron chi connectivity index (χ3n) is 4.52. The predicted octanol–water partition coefficient (Wildman–Crippen LogP) is 4.21. The molecule has 0 aliphatic heterocycles. The van der Waals surface area contributed by atoms with Gasteiger partial charge in [0, 0.05) is 0 Å². The summed E-state index contributed by atoms with van der Waals surface area (Å²) in [7, 11) is 0. The lowest BCUT2D eigenvalue weighted by atomic mass is 9.73. The molecular formula is C19H18F5NO4. The number of carbonyl (C=O) groups is 1. The zero-order chi connectivity index (χ0) is 21.8. The van der Waals surface area contributed by atoms with E-state index in [1.54, 1.807) is 0 Å². The summed E-state index contributed by atoms with van der Waals surface area (Å²) < 4.78 is 68.4. The molecule has 0 amide bonds. The van der Waals surface area contributed by atoms with E-state index in [4.69, 9.17) is 0 Å². The number of aromatic nitrogens is 1. The van der Waals surface area contributed by atoms with Gasteiger partial charge >= 0.3 is 18.5 Å². The van der Waals surface area contributed by atoms with E-state index in [0.717, 1.165) is 18.2 Å². The lowest BCUT2D eigenvalue weighted by Gasteiger charge is -2.33. The van der Waals surface area contributed by atoms with Crippen LogP contribution in [0.2, 0.25) is 0 Å². The normalized spacial score (nSPS) is 15.0. The van der Waals surface area contributed by atoms with E-state index >= 15 is 0 Å². The third kappa shape index (κ3) is 5.00. The van der Waals surface area contributed by atoms with Gasteiger partial charge in [-0.2, -0.15) is 22.0 Å². The second-order valence-corrected chi connectivity index (χ2v) is 6.39. The Bertz CT molecular complexity index is 864. The molecule has 29 heavy (non-hydrogen) atoms. The summed E-state index contributed by atoms with van der Waals surface area (Å²) in [4.78, 5) is 15.5. The van der Waals surface area contributed by atoms with Gasteiger partial charge in [-0.1, -0.05) is 25.1 Å². The zero-order valence-corrected chi connectivity index (χ0v) is 15.2. The minimum absolute atomic E-state index is 0.125. The molecule has 158 valence electrons. The highest BCUT2D eigenvalue weighted by atomic mass is 19.3. The summed E-state index contributed by atoms with van der Waals surface area (Å²) >= 11 is 0. The Labute approximate surface area is 162 Å². The van der Waals surface area contributed by atoms with Crippen molar-refractivity contribution in [2.75, 3.05) is 0 Å². The van der Waals surface area contributed by atoms with Crippen LogP contribution < -0.4 is 4.74 Å². The number of ether oxygens (including phenoxy) is 1. The molecule has 2 unspecified atom stereocenters. The molecule has 1 aromatic carbocycles. The van der Waals surface area contributed by atoms with Crippen LogP contribution in [0.4, 0.5) is 22.0 Å². The molecule has 0 aliphatic carbocycles. The topological polar surface area (TPSA) is 79.7 Å². The molecule has 0 saturated heterocycles. The number of benzene rings is 1. The van der Waals surface area contributed by atoms with Gasteiger partial charge < -0.3 is 14.9 Å². The van der Waals surface area contributed by atoms with E-state index in [1.165, 1.54) is 31.2 Å². The van der Waals surface area contributed by atoms with Gasteiger partial charge in [0.05, 0.1) is 5.69 Å². The van der Waals surface area contributed by atoms with Crippen LogP contribution in [0.25, 0.3) is 0 Å². The minimum Gasteiger partial charge on any atom is -0.481 e. The van der Waals surface area contributed by atoms with Crippen LogP contribution in [-0.4, -0.2) is 33.7 Å². The molecule has 0 radical (unpaired) electrons. The molecule has 2 rings (SSSR count). The van der Waals surface area contributed by atoms with Crippen molar-refractivity contribution < 1.29 is 41.7 Å². The van der Waals surface area contributed by atoms with Crippen LogP contribution >= 0.6 is 0 Å². The van der Waals surface area contributed by atoms with Crippen molar-refractivity contribution in [1.82, 2.24) is 4.98 Å². The number of aliphatic hydroxyl groups is 1. The van der Waals surface area contributed by atoms with Crippen molar-refractivity contribution in [3.8, 4) is 5.75 Å². The van der Waals surface area contributed by atoms with Gasteiger partial charge in [0.15, 0.2) is 0 Å². The number of hydrogen-bond acceptors (Lipinski definition) is 4. The summed E-state index contributed by atoms with van der Waals surface area (Å²) in [5.74, 6) is -2.94. The highest BCUT2D eigenvalue weighted by Gasteiger charge is 2.46. The van der Waals surface area contributed by atoms with Gasteiger partial charge in [-0.25, -0.2) is 4.98 Å². The number of pyridine rings is 1. The van der Waals surface area contributed by atoms with Crippen LogP contribution in [0.5, 0.6) is 5.75 Å². The third-order valence-corrected chi connectivity index (χ3v) is 4.52. The van der Waals surface area contributed by atoms with Crippen molar-refractivity contribution in [2.45, 2.75) is 38.4 Å². The van der Waals surface area contributed by atoms with E-state index in [0.29, 0.717) is 0 Å². The highest BCUT2D eigenvalue weighted by Crippen LogP contribution is 2.41. The minimum atomic E-state index is -4.72. The molecule has 0 spiro atoms. The predicted molar refractivity (Wildman–Crippen MR) is 91.2 cm³/mol. The van der Waals surface area contributed by atoms with Crippen molar-refractivity contribution >= 4 is 5.97 Å². The number of halogens is 5. The fourth-order valence-electron chi connectivity index (χ4n) is 2.90. The first-order valence-corrected chi connectivity index (χ1v) is 8.49. The van der Waals surface area contributed by atoms with E-state index in [2.05, 4.69) is 9.72 Å². The van der Waals surface area contributed by atoms with Crippen molar-refractivity contribution in [1.29, 1.82) is 0 Å². The Morgan fingerprint density at radius 1 is 1.21 bits per heavy atom. The molecule has 2 N–H and O–H groups in total. The second-order valence-electron chi connectivity index (χ2n) is 6.39. The van der Waals surface area contributed by atoms with Crippen LogP contribution in [-0.2, 0) is 11.2 Å². The molecule has 10 heteroatoms. The quantitative estimate of drug-likeness (QED) is 0.470. The number of carboxylic acid groups (broad SMARTS) is 1. The number of aliphatic carboxylic acids is 1. The first-order valence-electron chi connectivity index (χ1n) is 8.49. The maximum atomic E-state index is 13.4. The molecule has 5 nitrogen and oxygen atoms in total. The summed E-state index contributed by atoms with van der Waals surface area (Å²) in [5, 5.41) is 20.4. The average Bonchev–Trinajstić information content (AvgIpc) is 2.65. The summed E-state index contributed by atoms with van der Waals surface area (Å²) in [6.45, 7) is 1.47. The number of rotatable bonds is 9. The number of alkyl halides is 4. The molecule has 1 aromatic heterocycles. The summed E-state index contributed by atoms with van der Waals surface area (Å²) in [5.41, 5.74) is -1.97. The molecule has 0 bridgehead atoms. The molecular weight excluding hydrogens is 401 g/mol. The van der Waals surface area contributed by atoms with Crippen LogP contribution in [0.15, 0.2) is 42.5 Å². The summed E-state index contributed by atoms with van der Waals surface area (Å²) in [6, 6.07) is 8.12. The largest absolute Gasteiger partial charge is 0.481 e. The Balaban J connectivity index is 2.38. The van der Waals surface area contributed by atoms with Gasteiger partial charge in [0.2, 0.25) is 5.95 Å². The fourth-order valence-corrected chi connectivity index (χ4v) is 2.90. The molecule has 1 heterocycles.